The molecule has 0 spiro atoms. The number of piperidine rings is 1. The maximum absolute atomic E-state index is 12.3. The number of fused-ring (bicyclic) bond motifs is 1. The lowest BCUT2D eigenvalue weighted by Crippen LogP contribution is -2.55. The molecule has 1 aliphatic heterocycles. The van der Waals surface area contributed by atoms with Crippen LogP contribution < -0.4 is 5.32 Å². The minimum Gasteiger partial charge on any atom is -0.467 e. The van der Waals surface area contributed by atoms with Gasteiger partial charge in [0, 0.05) is 38.5 Å². The first-order valence-electron chi connectivity index (χ1n) is 8.29. The maximum Gasteiger partial charge on any atom is 0.317 e. The minimum absolute atomic E-state index is 0.0550. The molecule has 1 aliphatic carbocycles. The summed E-state index contributed by atoms with van der Waals surface area (Å²) in [7, 11) is 3.74. The third-order valence-corrected chi connectivity index (χ3v) is 5.45. The first-order chi connectivity index (χ1) is 11.0. The fourth-order valence-corrected chi connectivity index (χ4v) is 4.24. The monoisotopic (exact) mass is 319 g/mol. The summed E-state index contributed by atoms with van der Waals surface area (Å²) in [5, 5.41) is 2.88. The quantitative estimate of drug-likeness (QED) is 0.925. The highest BCUT2D eigenvalue weighted by Crippen LogP contribution is 2.47. The van der Waals surface area contributed by atoms with E-state index >= 15 is 0 Å². The number of hydrogen-bond acceptors (Lipinski definition) is 3. The van der Waals surface area contributed by atoms with Crippen LogP contribution >= 0.6 is 0 Å². The van der Waals surface area contributed by atoms with Gasteiger partial charge in [-0.3, -0.25) is 4.79 Å². The molecule has 3 amide bonds. The van der Waals surface area contributed by atoms with Gasteiger partial charge in [-0.15, -0.1) is 0 Å². The van der Waals surface area contributed by atoms with Crippen LogP contribution in [0.25, 0.3) is 0 Å². The highest BCUT2D eigenvalue weighted by molar-refractivity contribution is 5.78. The van der Waals surface area contributed by atoms with Crippen LogP contribution in [0.2, 0.25) is 0 Å². The van der Waals surface area contributed by atoms with Gasteiger partial charge >= 0.3 is 6.03 Å². The number of hydrogen-bond donors (Lipinski definition) is 1. The Morgan fingerprint density at radius 3 is 3.09 bits per heavy atom. The summed E-state index contributed by atoms with van der Waals surface area (Å²) in [6.45, 7) is 1.09. The van der Waals surface area contributed by atoms with Crippen LogP contribution in [0.5, 0.6) is 0 Å². The van der Waals surface area contributed by atoms with Gasteiger partial charge in [0.2, 0.25) is 5.91 Å². The lowest BCUT2D eigenvalue weighted by Gasteiger charge is -2.46. The van der Waals surface area contributed by atoms with E-state index in [1.165, 1.54) is 0 Å². The molecule has 6 nitrogen and oxygen atoms in total. The molecule has 0 bridgehead atoms. The van der Waals surface area contributed by atoms with Gasteiger partial charge in [0.1, 0.15) is 5.76 Å². The van der Waals surface area contributed by atoms with E-state index < -0.39 is 0 Å². The Labute approximate surface area is 136 Å². The van der Waals surface area contributed by atoms with Gasteiger partial charge < -0.3 is 19.5 Å². The number of rotatable bonds is 4. The summed E-state index contributed by atoms with van der Waals surface area (Å²) in [6, 6.07) is 3.82. The Hall–Kier alpha value is -1.98. The molecule has 0 aromatic carbocycles. The van der Waals surface area contributed by atoms with Crippen LogP contribution in [0.4, 0.5) is 4.79 Å². The highest BCUT2D eigenvalue weighted by Gasteiger charge is 2.49. The Balaban J connectivity index is 1.60. The van der Waals surface area contributed by atoms with Crippen LogP contribution in [0.3, 0.4) is 0 Å². The summed E-state index contributed by atoms with van der Waals surface area (Å²) in [6.07, 6.45) is 6.34. The topological polar surface area (TPSA) is 65.8 Å². The lowest BCUT2D eigenvalue weighted by molar-refractivity contribution is -0.140. The molecule has 2 aliphatic rings. The lowest BCUT2D eigenvalue weighted by atomic mass is 9.74. The molecule has 0 unspecified atom stereocenters. The molecule has 126 valence electrons. The van der Waals surface area contributed by atoms with Gasteiger partial charge in [0.15, 0.2) is 0 Å². The van der Waals surface area contributed by atoms with Gasteiger partial charge in [0.05, 0.1) is 12.8 Å². The summed E-state index contributed by atoms with van der Waals surface area (Å²) in [5.74, 6) is 0.976. The normalized spacial score (nSPS) is 27.0. The van der Waals surface area contributed by atoms with Crippen molar-refractivity contribution >= 4 is 11.9 Å². The van der Waals surface area contributed by atoms with Gasteiger partial charge in [-0.2, -0.15) is 0 Å². The van der Waals surface area contributed by atoms with Crippen LogP contribution in [-0.2, 0) is 11.3 Å². The SMILES string of the molecule is CN(C[C@@]12CCC[C@H]1N(C)C(=O)CC2)C(=O)NCc1ccco1. The molecular weight excluding hydrogens is 294 g/mol. The second kappa shape index (κ2) is 6.26. The number of nitrogens with zero attached hydrogens (tertiary/aromatic N) is 2. The van der Waals surface area contributed by atoms with E-state index in [9.17, 15) is 9.59 Å². The van der Waals surface area contributed by atoms with Crippen molar-refractivity contribution in [3.63, 3.8) is 0 Å². The van der Waals surface area contributed by atoms with Crippen molar-refractivity contribution < 1.29 is 14.0 Å². The van der Waals surface area contributed by atoms with Crippen molar-refractivity contribution in [3.05, 3.63) is 24.2 Å². The highest BCUT2D eigenvalue weighted by atomic mass is 16.3. The average molecular weight is 319 g/mol. The predicted molar refractivity (Wildman–Crippen MR) is 85.6 cm³/mol. The third-order valence-electron chi connectivity index (χ3n) is 5.45. The van der Waals surface area contributed by atoms with Crippen LogP contribution in [0.15, 0.2) is 22.8 Å². The number of furan rings is 1. The standard InChI is InChI=1S/C17H25N3O3/c1-19(16(22)18-11-13-5-4-10-23-13)12-17-8-3-6-14(17)20(2)15(21)7-9-17/h4-5,10,14H,3,6-9,11-12H2,1-2H3,(H,18,22)/t14-,17+/m1/s1. The Morgan fingerprint density at radius 1 is 1.52 bits per heavy atom. The molecule has 2 heterocycles. The molecule has 1 saturated heterocycles. The molecule has 23 heavy (non-hydrogen) atoms. The minimum atomic E-state index is -0.0963. The van der Waals surface area contributed by atoms with Crippen molar-refractivity contribution in [2.75, 3.05) is 20.6 Å². The Kier molecular flexibility index (Phi) is 4.33. The smallest absolute Gasteiger partial charge is 0.317 e. The molecule has 1 aromatic heterocycles. The van der Waals surface area contributed by atoms with E-state index in [0.29, 0.717) is 19.5 Å². The zero-order chi connectivity index (χ0) is 16.4. The summed E-state index contributed by atoms with van der Waals surface area (Å²) in [5.41, 5.74) is 0.0550. The summed E-state index contributed by atoms with van der Waals surface area (Å²) in [4.78, 5) is 28.0. The number of carbonyl (C=O) groups excluding carboxylic acids is 2. The van der Waals surface area contributed by atoms with Crippen LogP contribution in [-0.4, -0.2) is 48.4 Å². The van der Waals surface area contributed by atoms with Gasteiger partial charge in [0.25, 0.3) is 0 Å². The largest absolute Gasteiger partial charge is 0.467 e. The summed E-state index contributed by atoms with van der Waals surface area (Å²) < 4.78 is 5.23. The van der Waals surface area contributed by atoms with Crippen LogP contribution in [0, 0.1) is 5.41 Å². The fourth-order valence-electron chi connectivity index (χ4n) is 4.24. The number of likely N-dealkylation sites (tertiary alicyclic amines) is 1. The Morgan fingerprint density at radius 2 is 2.35 bits per heavy atom. The van der Waals surface area contributed by atoms with E-state index in [1.54, 1.807) is 11.2 Å². The maximum atomic E-state index is 12.3. The van der Waals surface area contributed by atoms with E-state index in [-0.39, 0.29) is 23.4 Å². The second-order valence-electron chi connectivity index (χ2n) is 6.87. The van der Waals surface area contributed by atoms with E-state index in [4.69, 9.17) is 4.42 Å². The molecule has 1 N–H and O–H groups in total. The second-order valence-corrected chi connectivity index (χ2v) is 6.87. The fraction of sp³-hybridized carbons (Fsp3) is 0.647. The molecule has 2 atom stereocenters. The van der Waals surface area contributed by atoms with Gasteiger partial charge in [-0.25, -0.2) is 4.79 Å². The molecule has 1 aromatic rings. The first-order valence-corrected chi connectivity index (χ1v) is 8.29. The van der Waals surface area contributed by atoms with E-state index in [1.807, 2.05) is 31.1 Å². The van der Waals surface area contributed by atoms with Crippen molar-refractivity contribution in [1.29, 1.82) is 0 Å². The van der Waals surface area contributed by atoms with Crippen molar-refractivity contribution in [1.82, 2.24) is 15.1 Å². The van der Waals surface area contributed by atoms with Crippen molar-refractivity contribution in [2.24, 2.45) is 5.41 Å². The molecule has 1 saturated carbocycles. The third kappa shape index (κ3) is 3.07. The van der Waals surface area contributed by atoms with E-state index in [2.05, 4.69) is 5.32 Å². The average Bonchev–Trinajstić information content (AvgIpc) is 3.19. The van der Waals surface area contributed by atoms with Gasteiger partial charge in [-0.05, 0) is 31.4 Å². The van der Waals surface area contributed by atoms with Gasteiger partial charge in [-0.1, -0.05) is 6.42 Å². The molecular formula is C17H25N3O3. The van der Waals surface area contributed by atoms with Crippen molar-refractivity contribution in [2.45, 2.75) is 44.7 Å². The molecule has 0 radical (unpaired) electrons. The zero-order valence-electron chi connectivity index (χ0n) is 13.9. The van der Waals surface area contributed by atoms with E-state index in [0.717, 1.165) is 31.4 Å². The van der Waals surface area contributed by atoms with Crippen molar-refractivity contribution in [3.8, 4) is 0 Å². The number of nitrogens with one attached hydrogen (secondary N) is 1. The number of amides is 3. The summed E-state index contributed by atoms with van der Waals surface area (Å²) >= 11 is 0. The molecule has 3 rings (SSSR count). The Bertz CT molecular complexity index is 572. The molecule has 6 heteroatoms. The first kappa shape index (κ1) is 15.9. The zero-order valence-corrected chi connectivity index (χ0v) is 13.9. The molecule has 2 fully saturated rings. The number of urea groups is 1. The predicted octanol–water partition coefficient (Wildman–Crippen LogP) is 2.21. The van der Waals surface area contributed by atoms with Crippen LogP contribution in [0.1, 0.15) is 37.9 Å². The number of carbonyl (C=O) groups is 2.